The van der Waals surface area contributed by atoms with Crippen LogP contribution in [0.1, 0.15) is 36.8 Å². The number of fused-ring (bicyclic) bond motifs is 1. The second-order valence-corrected chi connectivity index (χ2v) is 6.31. The Bertz CT molecular complexity index is 491. The summed E-state index contributed by atoms with van der Waals surface area (Å²) in [6, 6.07) is 8.48. The van der Waals surface area contributed by atoms with Crippen LogP contribution in [0, 0.1) is 11.3 Å². The molecule has 1 aromatic carbocycles. The number of hydrogen-bond donors (Lipinski definition) is 2. The van der Waals surface area contributed by atoms with Gasteiger partial charge in [0.1, 0.15) is 0 Å². The summed E-state index contributed by atoms with van der Waals surface area (Å²) in [4.78, 5) is 12.3. The van der Waals surface area contributed by atoms with Crippen molar-refractivity contribution in [3.05, 3.63) is 35.4 Å². The summed E-state index contributed by atoms with van der Waals surface area (Å²) >= 11 is 0. The fourth-order valence-corrected chi connectivity index (χ4v) is 3.67. The molecule has 102 valence electrons. The largest absolute Gasteiger partial charge is 0.355 e. The Labute approximate surface area is 114 Å². The Hall–Kier alpha value is -1.35. The molecule has 0 heterocycles. The first-order valence-corrected chi connectivity index (χ1v) is 7.21. The fraction of sp³-hybridized carbons (Fsp3) is 0.562. The van der Waals surface area contributed by atoms with Gasteiger partial charge in [-0.1, -0.05) is 31.2 Å². The second-order valence-electron chi connectivity index (χ2n) is 6.31. The average molecular weight is 258 g/mol. The number of rotatable bonds is 4. The Balaban J connectivity index is 1.55. The van der Waals surface area contributed by atoms with E-state index in [4.69, 9.17) is 5.73 Å². The lowest BCUT2D eigenvalue weighted by Crippen LogP contribution is -2.54. The van der Waals surface area contributed by atoms with E-state index in [1.807, 2.05) is 0 Å². The molecule has 1 atom stereocenters. The number of benzene rings is 1. The highest BCUT2D eigenvalue weighted by molar-refractivity contribution is 5.84. The predicted octanol–water partition coefficient (Wildman–Crippen LogP) is 1.82. The van der Waals surface area contributed by atoms with Gasteiger partial charge in [-0.3, -0.25) is 4.79 Å². The third-order valence-electron chi connectivity index (χ3n) is 4.82. The highest BCUT2D eigenvalue weighted by Crippen LogP contribution is 2.45. The van der Waals surface area contributed by atoms with Gasteiger partial charge in [0.15, 0.2) is 0 Å². The maximum Gasteiger partial charge on any atom is 0.227 e. The van der Waals surface area contributed by atoms with Gasteiger partial charge in [-0.15, -0.1) is 0 Å². The van der Waals surface area contributed by atoms with Crippen molar-refractivity contribution in [2.24, 2.45) is 17.1 Å². The molecular weight excluding hydrogens is 236 g/mol. The Morgan fingerprint density at radius 3 is 2.79 bits per heavy atom. The standard InChI is InChI=1S/C16H22N2O/c1-11-7-16(8-11,10-17)15(19)18-9-13-6-12-4-2-3-5-14(12)13/h2-5,11,13H,6-10,17H2,1H3,(H,18,19). The van der Waals surface area contributed by atoms with E-state index in [1.165, 1.54) is 11.1 Å². The van der Waals surface area contributed by atoms with Crippen molar-refractivity contribution in [3.8, 4) is 0 Å². The second kappa shape index (κ2) is 4.64. The van der Waals surface area contributed by atoms with E-state index in [0.717, 1.165) is 25.8 Å². The van der Waals surface area contributed by atoms with Crippen molar-refractivity contribution in [2.45, 2.75) is 32.1 Å². The minimum absolute atomic E-state index is 0.164. The van der Waals surface area contributed by atoms with Crippen LogP contribution in [0.25, 0.3) is 0 Å². The lowest BCUT2D eigenvalue weighted by molar-refractivity contribution is -0.138. The molecule has 3 N–H and O–H groups in total. The maximum atomic E-state index is 12.3. The third-order valence-corrected chi connectivity index (χ3v) is 4.82. The molecule has 3 heteroatoms. The first-order valence-electron chi connectivity index (χ1n) is 7.21. The van der Waals surface area contributed by atoms with Gasteiger partial charge in [0.05, 0.1) is 5.41 Å². The Morgan fingerprint density at radius 1 is 1.42 bits per heavy atom. The van der Waals surface area contributed by atoms with Crippen LogP contribution in [0.4, 0.5) is 0 Å². The van der Waals surface area contributed by atoms with Gasteiger partial charge in [0.2, 0.25) is 5.91 Å². The molecule has 1 aromatic rings. The summed E-state index contributed by atoms with van der Waals surface area (Å²) in [5, 5.41) is 3.12. The lowest BCUT2D eigenvalue weighted by Gasteiger charge is -2.44. The van der Waals surface area contributed by atoms with Crippen molar-refractivity contribution in [2.75, 3.05) is 13.1 Å². The molecule has 0 saturated heterocycles. The molecule has 1 saturated carbocycles. The van der Waals surface area contributed by atoms with E-state index in [9.17, 15) is 4.79 Å². The highest BCUT2D eigenvalue weighted by Gasteiger charge is 2.47. The van der Waals surface area contributed by atoms with Crippen LogP contribution in [0.5, 0.6) is 0 Å². The molecule has 1 unspecified atom stereocenters. The van der Waals surface area contributed by atoms with Crippen LogP contribution in [0.15, 0.2) is 24.3 Å². The Kier molecular flexibility index (Phi) is 3.09. The van der Waals surface area contributed by atoms with Crippen molar-refractivity contribution in [1.82, 2.24) is 5.32 Å². The van der Waals surface area contributed by atoms with Gasteiger partial charge in [-0.2, -0.15) is 0 Å². The third kappa shape index (κ3) is 2.06. The number of nitrogens with one attached hydrogen (secondary N) is 1. The van der Waals surface area contributed by atoms with E-state index in [-0.39, 0.29) is 11.3 Å². The molecule has 0 bridgehead atoms. The molecule has 3 rings (SSSR count). The number of amides is 1. The van der Waals surface area contributed by atoms with Crippen LogP contribution in [0.2, 0.25) is 0 Å². The van der Waals surface area contributed by atoms with Crippen molar-refractivity contribution >= 4 is 5.91 Å². The van der Waals surface area contributed by atoms with Crippen LogP contribution < -0.4 is 11.1 Å². The molecular formula is C16H22N2O. The quantitative estimate of drug-likeness (QED) is 0.865. The van der Waals surface area contributed by atoms with Gasteiger partial charge in [-0.25, -0.2) is 0 Å². The normalized spacial score (nSPS) is 31.9. The Morgan fingerprint density at radius 2 is 2.16 bits per heavy atom. The van der Waals surface area contributed by atoms with E-state index in [0.29, 0.717) is 18.4 Å². The number of carbonyl (C=O) groups excluding carboxylic acids is 1. The summed E-state index contributed by atoms with van der Waals surface area (Å²) < 4.78 is 0. The molecule has 0 radical (unpaired) electrons. The van der Waals surface area contributed by atoms with Gasteiger partial charge >= 0.3 is 0 Å². The smallest absolute Gasteiger partial charge is 0.227 e. The highest BCUT2D eigenvalue weighted by atomic mass is 16.2. The summed E-state index contributed by atoms with van der Waals surface area (Å²) in [5.41, 5.74) is 8.34. The van der Waals surface area contributed by atoms with Gasteiger partial charge in [0, 0.05) is 19.0 Å². The van der Waals surface area contributed by atoms with Crippen molar-refractivity contribution < 1.29 is 4.79 Å². The molecule has 2 aliphatic rings. The monoisotopic (exact) mass is 258 g/mol. The van der Waals surface area contributed by atoms with Crippen LogP contribution in [-0.2, 0) is 11.2 Å². The molecule has 1 fully saturated rings. The molecule has 3 nitrogen and oxygen atoms in total. The first-order chi connectivity index (χ1) is 9.14. The molecule has 19 heavy (non-hydrogen) atoms. The van der Waals surface area contributed by atoms with Crippen LogP contribution >= 0.6 is 0 Å². The van der Waals surface area contributed by atoms with E-state index in [1.54, 1.807) is 0 Å². The summed E-state index contributed by atoms with van der Waals surface area (Å²) in [6.45, 7) is 3.42. The lowest BCUT2D eigenvalue weighted by atomic mass is 9.62. The minimum Gasteiger partial charge on any atom is -0.355 e. The number of nitrogens with two attached hydrogens (primary N) is 1. The van der Waals surface area contributed by atoms with E-state index in [2.05, 4.69) is 36.5 Å². The topological polar surface area (TPSA) is 55.1 Å². The van der Waals surface area contributed by atoms with Gasteiger partial charge in [-0.05, 0) is 36.3 Å². The number of carbonyl (C=O) groups is 1. The maximum absolute atomic E-state index is 12.3. The molecule has 2 aliphatic carbocycles. The summed E-state index contributed by atoms with van der Waals surface area (Å²) in [6.07, 6.45) is 2.97. The first kappa shape index (κ1) is 12.7. The van der Waals surface area contributed by atoms with Crippen molar-refractivity contribution in [1.29, 1.82) is 0 Å². The predicted molar refractivity (Wildman–Crippen MR) is 75.8 cm³/mol. The van der Waals surface area contributed by atoms with Crippen LogP contribution in [-0.4, -0.2) is 19.0 Å². The average Bonchev–Trinajstić information content (AvgIpc) is 2.35. The van der Waals surface area contributed by atoms with E-state index < -0.39 is 0 Å². The fourth-order valence-electron chi connectivity index (χ4n) is 3.67. The van der Waals surface area contributed by atoms with E-state index >= 15 is 0 Å². The zero-order valence-corrected chi connectivity index (χ0v) is 11.5. The molecule has 0 spiro atoms. The number of hydrogen-bond acceptors (Lipinski definition) is 2. The van der Waals surface area contributed by atoms with Crippen LogP contribution in [0.3, 0.4) is 0 Å². The molecule has 0 aromatic heterocycles. The van der Waals surface area contributed by atoms with Gasteiger partial charge in [0.25, 0.3) is 0 Å². The summed E-state index contributed by atoms with van der Waals surface area (Å²) in [5.74, 6) is 1.30. The molecule has 0 aliphatic heterocycles. The minimum atomic E-state index is -0.275. The van der Waals surface area contributed by atoms with Crippen molar-refractivity contribution in [3.63, 3.8) is 0 Å². The summed E-state index contributed by atoms with van der Waals surface area (Å²) in [7, 11) is 0. The SMILES string of the molecule is CC1CC(CN)(C(=O)NCC2Cc3ccccc32)C1. The van der Waals surface area contributed by atoms with Gasteiger partial charge < -0.3 is 11.1 Å². The molecule has 1 amide bonds. The zero-order valence-electron chi connectivity index (χ0n) is 11.5. The zero-order chi connectivity index (χ0) is 13.5.